The number of rotatable bonds is 6. The van der Waals surface area contributed by atoms with Crippen LogP contribution in [-0.4, -0.2) is 30.4 Å². The van der Waals surface area contributed by atoms with Crippen molar-refractivity contribution in [2.24, 2.45) is 0 Å². The Balaban J connectivity index is 0.00000200. The summed E-state index contributed by atoms with van der Waals surface area (Å²) < 4.78 is 0. The van der Waals surface area contributed by atoms with Crippen molar-refractivity contribution in [3.05, 3.63) is 33.8 Å². The van der Waals surface area contributed by atoms with Gasteiger partial charge in [-0.3, -0.25) is 4.79 Å². The summed E-state index contributed by atoms with van der Waals surface area (Å²) in [6.07, 6.45) is 2.69. The van der Waals surface area contributed by atoms with E-state index in [1.807, 2.05) is 17.0 Å². The number of carbonyl (C=O) groups is 1. The lowest BCUT2D eigenvalue weighted by molar-refractivity contribution is -0.127. The van der Waals surface area contributed by atoms with Crippen LogP contribution in [0.15, 0.2) is 18.2 Å². The summed E-state index contributed by atoms with van der Waals surface area (Å²) in [6.45, 7) is 3.37. The summed E-state index contributed by atoms with van der Waals surface area (Å²) in [5.41, 5.74) is 1.04. The number of carbonyl (C=O) groups excluding carboxylic acids is 1. The number of benzene rings is 1. The molecule has 0 aliphatic carbocycles. The summed E-state index contributed by atoms with van der Waals surface area (Å²) in [4.78, 5) is 13.4. The van der Waals surface area contributed by atoms with Crippen LogP contribution in [0.3, 0.4) is 0 Å². The van der Waals surface area contributed by atoms with Crippen LogP contribution < -0.4 is 5.32 Å². The van der Waals surface area contributed by atoms with E-state index in [-0.39, 0.29) is 12.4 Å². The average Bonchev–Trinajstić information content (AvgIpc) is 2.77. The van der Waals surface area contributed by atoms with Gasteiger partial charge < -0.3 is 10.2 Å². The Labute approximate surface area is 136 Å². The number of hydrogen-bond acceptors (Lipinski definition) is 2. The van der Waals surface area contributed by atoms with Crippen molar-refractivity contribution >= 4 is 41.5 Å². The van der Waals surface area contributed by atoms with Gasteiger partial charge in [-0.05, 0) is 37.1 Å². The number of hydrogen-bond donors (Lipinski definition) is 1. The van der Waals surface area contributed by atoms with Gasteiger partial charge >= 0.3 is 0 Å². The maximum Gasteiger partial charge on any atom is 0.222 e. The summed E-state index contributed by atoms with van der Waals surface area (Å²) in [7, 11) is 0. The van der Waals surface area contributed by atoms with Crippen LogP contribution in [0.4, 0.5) is 0 Å². The predicted molar refractivity (Wildman–Crippen MR) is 85.8 cm³/mol. The Morgan fingerprint density at radius 3 is 2.75 bits per heavy atom. The second kappa shape index (κ2) is 8.73. The fourth-order valence-corrected chi connectivity index (χ4v) is 2.70. The minimum atomic E-state index is 0. The van der Waals surface area contributed by atoms with Crippen LogP contribution >= 0.6 is 35.6 Å². The predicted octanol–water partition coefficient (Wildman–Crippen LogP) is 3.52. The topological polar surface area (TPSA) is 32.3 Å². The van der Waals surface area contributed by atoms with E-state index >= 15 is 0 Å². The molecular weight excluding hydrogens is 319 g/mol. The molecule has 1 heterocycles. The van der Waals surface area contributed by atoms with Gasteiger partial charge in [-0.25, -0.2) is 0 Å². The van der Waals surface area contributed by atoms with Crippen molar-refractivity contribution in [2.45, 2.75) is 25.8 Å². The molecule has 0 atom stereocenters. The molecule has 1 amide bonds. The maximum absolute atomic E-state index is 11.4. The number of nitrogens with zero attached hydrogens (tertiary/aromatic N) is 1. The van der Waals surface area contributed by atoms with Crippen molar-refractivity contribution < 1.29 is 4.79 Å². The first-order valence-corrected chi connectivity index (χ1v) is 7.35. The van der Waals surface area contributed by atoms with Crippen molar-refractivity contribution in [2.75, 3.05) is 19.6 Å². The minimum Gasteiger partial charge on any atom is -0.343 e. The third-order valence-electron chi connectivity index (χ3n) is 3.28. The molecule has 3 nitrogen and oxygen atoms in total. The smallest absolute Gasteiger partial charge is 0.222 e. The third kappa shape index (κ3) is 5.13. The van der Waals surface area contributed by atoms with Gasteiger partial charge in [0, 0.05) is 36.1 Å². The second-order valence-corrected chi connectivity index (χ2v) is 5.59. The molecule has 0 bridgehead atoms. The Morgan fingerprint density at radius 1 is 1.30 bits per heavy atom. The van der Waals surface area contributed by atoms with Gasteiger partial charge in [-0.15, -0.1) is 12.4 Å². The zero-order valence-corrected chi connectivity index (χ0v) is 13.5. The lowest BCUT2D eigenvalue weighted by atomic mass is 10.2. The summed E-state index contributed by atoms with van der Waals surface area (Å²) in [6, 6.07) is 5.53. The zero-order chi connectivity index (χ0) is 13.7. The van der Waals surface area contributed by atoms with E-state index in [0.717, 1.165) is 44.6 Å². The molecule has 1 saturated heterocycles. The van der Waals surface area contributed by atoms with E-state index in [9.17, 15) is 4.79 Å². The van der Waals surface area contributed by atoms with E-state index in [1.54, 1.807) is 6.07 Å². The summed E-state index contributed by atoms with van der Waals surface area (Å²) in [5.74, 6) is 0.292. The largest absolute Gasteiger partial charge is 0.343 e. The van der Waals surface area contributed by atoms with Crippen LogP contribution in [0.2, 0.25) is 10.0 Å². The molecule has 0 saturated carbocycles. The number of likely N-dealkylation sites (tertiary alicyclic amines) is 1. The maximum atomic E-state index is 11.4. The van der Waals surface area contributed by atoms with Crippen LogP contribution in [0.5, 0.6) is 0 Å². The van der Waals surface area contributed by atoms with Crippen molar-refractivity contribution in [3.63, 3.8) is 0 Å². The highest BCUT2D eigenvalue weighted by Gasteiger charge is 2.18. The van der Waals surface area contributed by atoms with Gasteiger partial charge in [0.25, 0.3) is 0 Å². The first-order chi connectivity index (χ1) is 9.16. The standard InChI is InChI=1S/C14H18Cl2N2O.ClH/c15-12-5-4-11(13(16)9-12)10-17-6-2-8-18-7-1-3-14(18)19;/h4-5,9,17H,1-3,6-8,10H2;1H. The monoisotopic (exact) mass is 336 g/mol. The summed E-state index contributed by atoms with van der Waals surface area (Å²) >= 11 is 11.9. The van der Waals surface area contributed by atoms with Gasteiger partial charge in [-0.1, -0.05) is 29.3 Å². The molecule has 112 valence electrons. The molecule has 20 heavy (non-hydrogen) atoms. The fourth-order valence-electron chi connectivity index (χ4n) is 2.22. The first-order valence-electron chi connectivity index (χ1n) is 6.59. The molecule has 1 aliphatic heterocycles. The number of nitrogens with one attached hydrogen (secondary N) is 1. The molecule has 2 rings (SSSR count). The lowest BCUT2D eigenvalue weighted by Gasteiger charge is -2.15. The molecule has 0 unspecified atom stereocenters. The molecule has 1 aromatic rings. The van der Waals surface area contributed by atoms with E-state index in [1.165, 1.54) is 0 Å². The third-order valence-corrected chi connectivity index (χ3v) is 3.87. The van der Waals surface area contributed by atoms with Gasteiger partial charge in [0.1, 0.15) is 0 Å². The molecule has 1 aliphatic rings. The number of amides is 1. The Kier molecular flexibility index (Phi) is 7.67. The average molecular weight is 338 g/mol. The zero-order valence-electron chi connectivity index (χ0n) is 11.2. The van der Waals surface area contributed by atoms with Crippen LogP contribution in [-0.2, 0) is 11.3 Å². The highest BCUT2D eigenvalue weighted by Crippen LogP contribution is 2.20. The highest BCUT2D eigenvalue weighted by molar-refractivity contribution is 6.35. The van der Waals surface area contributed by atoms with Gasteiger partial charge in [0.2, 0.25) is 5.91 Å². The highest BCUT2D eigenvalue weighted by atomic mass is 35.5. The quantitative estimate of drug-likeness (QED) is 0.806. The first kappa shape index (κ1) is 17.6. The van der Waals surface area contributed by atoms with E-state index in [4.69, 9.17) is 23.2 Å². The Hall–Kier alpha value is -0.480. The van der Waals surface area contributed by atoms with E-state index in [0.29, 0.717) is 22.4 Å². The normalized spacial score (nSPS) is 14.5. The SMILES string of the molecule is Cl.O=C1CCCN1CCCNCc1ccc(Cl)cc1Cl. The van der Waals surface area contributed by atoms with E-state index < -0.39 is 0 Å². The van der Waals surface area contributed by atoms with Crippen LogP contribution in [0, 0.1) is 0 Å². The van der Waals surface area contributed by atoms with Crippen LogP contribution in [0.1, 0.15) is 24.8 Å². The van der Waals surface area contributed by atoms with Gasteiger partial charge in [0.05, 0.1) is 0 Å². The van der Waals surface area contributed by atoms with Gasteiger partial charge in [-0.2, -0.15) is 0 Å². The molecule has 1 aromatic carbocycles. The number of halogens is 3. The van der Waals surface area contributed by atoms with Gasteiger partial charge in [0.15, 0.2) is 0 Å². The molecule has 1 N–H and O–H groups in total. The Morgan fingerprint density at radius 2 is 2.10 bits per heavy atom. The van der Waals surface area contributed by atoms with Crippen molar-refractivity contribution in [1.29, 1.82) is 0 Å². The molecular formula is C14H19Cl3N2O. The minimum absolute atomic E-state index is 0. The van der Waals surface area contributed by atoms with Crippen LogP contribution in [0.25, 0.3) is 0 Å². The molecule has 6 heteroatoms. The van der Waals surface area contributed by atoms with Crippen molar-refractivity contribution in [1.82, 2.24) is 10.2 Å². The lowest BCUT2D eigenvalue weighted by Crippen LogP contribution is -2.28. The Bertz CT molecular complexity index is 454. The van der Waals surface area contributed by atoms with E-state index in [2.05, 4.69) is 5.32 Å². The second-order valence-electron chi connectivity index (χ2n) is 4.75. The molecule has 0 aromatic heterocycles. The molecule has 0 radical (unpaired) electrons. The summed E-state index contributed by atoms with van der Waals surface area (Å²) in [5, 5.41) is 4.68. The van der Waals surface area contributed by atoms with Crippen molar-refractivity contribution in [3.8, 4) is 0 Å². The molecule has 0 spiro atoms. The molecule has 1 fully saturated rings. The fraction of sp³-hybridized carbons (Fsp3) is 0.500.